The zero-order valence-electron chi connectivity index (χ0n) is 13.2. The van der Waals surface area contributed by atoms with E-state index in [4.69, 9.17) is 21.9 Å². The van der Waals surface area contributed by atoms with E-state index in [1.807, 2.05) is 6.92 Å². The summed E-state index contributed by atoms with van der Waals surface area (Å²) in [6.07, 6.45) is 5.36. The molecular formula is C15H14ClN7O2. The predicted molar refractivity (Wildman–Crippen MR) is 89.9 cm³/mol. The first-order chi connectivity index (χ1) is 12.0. The summed E-state index contributed by atoms with van der Waals surface area (Å²) >= 11 is 6.11. The molecule has 0 aliphatic heterocycles. The number of primary amides is 1. The number of amides is 1. The Hall–Kier alpha value is -3.07. The number of nitrogens with two attached hydrogens (primary N) is 1. The van der Waals surface area contributed by atoms with Crippen LogP contribution in [0.3, 0.4) is 0 Å². The molecule has 0 aromatic carbocycles. The third-order valence-electron chi connectivity index (χ3n) is 3.26. The van der Waals surface area contributed by atoms with Crippen molar-refractivity contribution in [2.75, 3.05) is 5.32 Å². The Labute approximate surface area is 147 Å². The fourth-order valence-corrected chi connectivity index (χ4v) is 2.29. The van der Waals surface area contributed by atoms with Crippen LogP contribution in [0.1, 0.15) is 23.3 Å². The van der Waals surface area contributed by atoms with Crippen molar-refractivity contribution in [3.8, 4) is 11.4 Å². The molecule has 3 N–H and O–H groups in total. The smallest absolute Gasteiger partial charge is 0.316 e. The molecule has 1 amide bonds. The second-order valence-corrected chi connectivity index (χ2v) is 5.67. The van der Waals surface area contributed by atoms with Crippen molar-refractivity contribution < 1.29 is 9.32 Å². The number of anilines is 1. The SMILES string of the molecule is CC(Cc1ncccc1Cl)Nc1ncc(-c2noc(C(N)=O)n2)cn1. The maximum Gasteiger partial charge on any atom is 0.316 e. The number of hydrogen-bond donors (Lipinski definition) is 2. The van der Waals surface area contributed by atoms with Gasteiger partial charge in [0.05, 0.1) is 16.3 Å². The average Bonchev–Trinajstić information content (AvgIpc) is 3.08. The summed E-state index contributed by atoms with van der Waals surface area (Å²) < 4.78 is 4.73. The van der Waals surface area contributed by atoms with E-state index in [0.717, 1.165) is 5.69 Å². The summed E-state index contributed by atoms with van der Waals surface area (Å²) in [5, 5.41) is 7.43. The van der Waals surface area contributed by atoms with Gasteiger partial charge in [0.1, 0.15) is 0 Å². The molecule has 3 heterocycles. The maximum atomic E-state index is 11.0. The van der Waals surface area contributed by atoms with Gasteiger partial charge in [0.15, 0.2) is 0 Å². The predicted octanol–water partition coefficient (Wildman–Crippen LogP) is 1.72. The van der Waals surface area contributed by atoms with E-state index in [1.54, 1.807) is 18.3 Å². The van der Waals surface area contributed by atoms with Gasteiger partial charge in [-0.25, -0.2) is 9.97 Å². The number of hydrogen-bond acceptors (Lipinski definition) is 8. The number of carbonyl (C=O) groups is 1. The van der Waals surface area contributed by atoms with Crippen LogP contribution in [0.4, 0.5) is 5.95 Å². The summed E-state index contributed by atoms with van der Waals surface area (Å²) in [5.41, 5.74) is 6.37. The van der Waals surface area contributed by atoms with Crippen LogP contribution in [0.15, 0.2) is 35.2 Å². The van der Waals surface area contributed by atoms with Gasteiger partial charge >= 0.3 is 11.8 Å². The highest BCUT2D eigenvalue weighted by Crippen LogP contribution is 2.17. The number of nitrogens with one attached hydrogen (secondary N) is 1. The first kappa shape index (κ1) is 16.8. The molecule has 0 radical (unpaired) electrons. The second-order valence-electron chi connectivity index (χ2n) is 5.26. The van der Waals surface area contributed by atoms with E-state index >= 15 is 0 Å². The molecule has 1 atom stereocenters. The molecule has 0 saturated carbocycles. The van der Waals surface area contributed by atoms with E-state index in [9.17, 15) is 4.79 Å². The molecule has 0 saturated heterocycles. The largest absolute Gasteiger partial charge is 0.361 e. The molecular weight excluding hydrogens is 346 g/mol. The van der Waals surface area contributed by atoms with Gasteiger partial charge in [-0.1, -0.05) is 16.8 Å². The Morgan fingerprint density at radius 1 is 1.36 bits per heavy atom. The molecule has 3 aromatic rings. The lowest BCUT2D eigenvalue weighted by Gasteiger charge is -2.13. The van der Waals surface area contributed by atoms with Gasteiger partial charge in [0.2, 0.25) is 11.8 Å². The minimum absolute atomic E-state index is 0.0184. The highest BCUT2D eigenvalue weighted by atomic mass is 35.5. The fraction of sp³-hybridized carbons (Fsp3) is 0.200. The lowest BCUT2D eigenvalue weighted by Crippen LogP contribution is -2.20. The Morgan fingerprint density at radius 2 is 2.12 bits per heavy atom. The lowest BCUT2D eigenvalue weighted by atomic mass is 10.1. The molecule has 0 spiro atoms. The Morgan fingerprint density at radius 3 is 2.76 bits per heavy atom. The van der Waals surface area contributed by atoms with Crippen LogP contribution in [0.5, 0.6) is 0 Å². The van der Waals surface area contributed by atoms with Gasteiger partial charge in [0, 0.05) is 31.1 Å². The molecule has 128 valence electrons. The molecule has 3 rings (SSSR count). The Kier molecular flexibility index (Phi) is 4.85. The van der Waals surface area contributed by atoms with Crippen LogP contribution in [-0.4, -0.2) is 37.0 Å². The number of carbonyl (C=O) groups excluding carboxylic acids is 1. The van der Waals surface area contributed by atoms with Crippen LogP contribution in [0, 0.1) is 0 Å². The van der Waals surface area contributed by atoms with E-state index in [-0.39, 0.29) is 17.8 Å². The van der Waals surface area contributed by atoms with Gasteiger partial charge < -0.3 is 15.6 Å². The summed E-state index contributed by atoms with van der Waals surface area (Å²) in [4.78, 5) is 27.5. The minimum Gasteiger partial charge on any atom is -0.361 e. The molecule has 25 heavy (non-hydrogen) atoms. The molecule has 10 heteroatoms. The van der Waals surface area contributed by atoms with Crippen molar-refractivity contribution in [2.24, 2.45) is 5.73 Å². The van der Waals surface area contributed by atoms with Crippen LogP contribution in [-0.2, 0) is 6.42 Å². The summed E-state index contributed by atoms with van der Waals surface area (Å²) in [7, 11) is 0. The van der Waals surface area contributed by atoms with Crippen molar-refractivity contribution >= 4 is 23.5 Å². The number of halogens is 1. The summed E-state index contributed by atoms with van der Waals surface area (Å²) in [6, 6.07) is 3.60. The number of nitrogens with zero attached hydrogens (tertiary/aromatic N) is 5. The molecule has 9 nitrogen and oxygen atoms in total. The van der Waals surface area contributed by atoms with Crippen molar-refractivity contribution in [2.45, 2.75) is 19.4 Å². The quantitative estimate of drug-likeness (QED) is 0.679. The van der Waals surface area contributed by atoms with Crippen LogP contribution in [0.25, 0.3) is 11.4 Å². The van der Waals surface area contributed by atoms with Gasteiger partial charge in [0.25, 0.3) is 0 Å². The average molecular weight is 360 g/mol. The van der Waals surface area contributed by atoms with Crippen molar-refractivity contribution in [1.82, 2.24) is 25.1 Å². The zero-order chi connectivity index (χ0) is 17.8. The van der Waals surface area contributed by atoms with Gasteiger partial charge in [-0.05, 0) is 19.1 Å². The molecule has 3 aromatic heterocycles. The van der Waals surface area contributed by atoms with Crippen LogP contribution in [0.2, 0.25) is 5.02 Å². The van der Waals surface area contributed by atoms with Crippen molar-refractivity contribution in [3.63, 3.8) is 0 Å². The topological polar surface area (TPSA) is 133 Å². The first-order valence-electron chi connectivity index (χ1n) is 7.35. The standard InChI is InChI=1S/C15H14ClN7O2/c1-8(5-11-10(16)3-2-4-18-11)21-15-19-6-9(7-20-15)13-22-14(12(17)24)25-23-13/h2-4,6-8H,5H2,1H3,(H2,17,24)(H,19,20,21). The fourth-order valence-electron chi connectivity index (χ4n) is 2.09. The lowest BCUT2D eigenvalue weighted by molar-refractivity contribution is 0.0958. The van der Waals surface area contributed by atoms with Crippen LogP contribution < -0.4 is 11.1 Å². The van der Waals surface area contributed by atoms with Gasteiger partial charge in [-0.2, -0.15) is 4.98 Å². The highest BCUT2D eigenvalue weighted by Gasteiger charge is 2.14. The summed E-state index contributed by atoms with van der Waals surface area (Å²) in [6.45, 7) is 1.97. The number of rotatable bonds is 6. The van der Waals surface area contributed by atoms with Crippen LogP contribution >= 0.6 is 11.6 Å². The molecule has 0 bridgehead atoms. The number of pyridine rings is 1. The second kappa shape index (κ2) is 7.22. The van der Waals surface area contributed by atoms with Gasteiger partial charge in [-0.15, -0.1) is 0 Å². The monoisotopic (exact) mass is 359 g/mol. The summed E-state index contributed by atoms with van der Waals surface area (Å²) in [5.74, 6) is -0.436. The third-order valence-corrected chi connectivity index (χ3v) is 3.60. The third kappa shape index (κ3) is 4.07. The Bertz CT molecular complexity index is 882. The molecule has 0 aliphatic rings. The maximum absolute atomic E-state index is 11.0. The van der Waals surface area contributed by atoms with E-state index in [1.165, 1.54) is 12.4 Å². The zero-order valence-corrected chi connectivity index (χ0v) is 13.9. The minimum atomic E-state index is -0.792. The molecule has 0 fully saturated rings. The van der Waals surface area contributed by atoms with Gasteiger partial charge in [-0.3, -0.25) is 9.78 Å². The molecule has 0 aliphatic carbocycles. The van der Waals surface area contributed by atoms with E-state index in [0.29, 0.717) is 23.0 Å². The normalized spacial score (nSPS) is 11.9. The van der Waals surface area contributed by atoms with Crippen molar-refractivity contribution in [1.29, 1.82) is 0 Å². The van der Waals surface area contributed by atoms with E-state index in [2.05, 4.69) is 30.4 Å². The number of aromatic nitrogens is 5. The van der Waals surface area contributed by atoms with E-state index < -0.39 is 5.91 Å². The Balaban J connectivity index is 1.65. The first-order valence-corrected chi connectivity index (χ1v) is 7.72. The van der Waals surface area contributed by atoms with Crippen molar-refractivity contribution in [3.05, 3.63) is 47.3 Å². The molecule has 1 unspecified atom stereocenters. The highest BCUT2D eigenvalue weighted by molar-refractivity contribution is 6.31.